The molecule has 0 radical (unpaired) electrons. The third-order valence-corrected chi connectivity index (χ3v) is 5.51. The molecule has 0 saturated carbocycles. The highest BCUT2D eigenvalue weighted by Gasteiger charge is 2.20. The zero-order valence-electron chi connectivity index (χ0n) is 18.4. The highest BCUT2D eigenvalue weighted by molar-refractivity contribution is 5.94. The van der Waals surface area contributed by atoms with E-state index in [1.165, 1.54) is 13.2 Å². The van der Waals surface area contributed by atoms with Crippen LogP contribution in [0.15, 0.2) is 66.9 Å². The number of hydrogen-bond acceptors (Lipinski definition) is 5. The first kappa shape index (κ1) is 23.0. The van der Waals surface area contributed by atoms with Crippen LogP contribution in [-0.2, 0) is 22.5 Å². The van der Waals surface area contributed by atoms with Crippen LogP contribution in [0.1, 0.15) is 34.1 Å². The van der Waals surface area contributed by atoms with E-state index in [4.69, 9.17) is 4.74 Å². The van der Waals surface area contributed by atoms with Crippen molar-refractivity contribution in [1.82, 2.24) is 20.3 Å². The number of halogens is 2. The van der Waals surface area contributed by atoms with E-state index >= 15 is 0 Å². The number of ether oxygens (including phenoxy) is 1. The number of fused-ring (bicyclic) bond motifs is 1. The summed E-state index contributed by atoms with van der Waals surface area (Å²) in [5, 5.41) is 13.0. The molecular weight excluding hydrogens is 442 g/mol. The lowest BCUT2D eigenvalue weighted by atomic mass is 9.97. The van der Waals surface area contributed by atoms with Gasteiger partial charge in [-0.2, -0.15) is 0 Å². The fourth-order valence-corrected chi connectivity index (χ4v) is 3.74. The van der Waals surface area contributed by atoms with Crippen LogP contribution in [-0.4, -0.2) is 34.0 Å². The molecule has 4 rings (SSSR count). The summed E-state index contributed by atoms with van der Waals surface area (Å²) in [6.45, 7) is 0.0248. The van der Waals surface area contributed by atoms with Gasteiger partial charge in [0.1, 0.15) is 5.69 Å². The van der Waals surface area contributed by atoms with Crippen LogP contribution in [0, 0.1) is 11.6 Å². The van der Waals surface area contributed by atoms with Gasteiger partial charge in [-0.25, -0.2) is 13.5 Å². The number of methoxy groups -OCH3 is 1. The molecule has 7 nitrogen and oxygen atoms in total. The molecule has 1 N–H and O–H groups in total. The molecule has 34 heavy (non-hydrogen) atoms. The van der Waals surface area contributed by atoms with Crippen LogP contribution in [0.5, 0.6) is 0 Å². The molecule has 1 amide bonds. The Hall–Kier alpha value is -4.14. The fourth-order valence-electron chi connectivity index (χ4n) is 3.74. The minimum Gasteiger partial charge on any atom is -0.469 e. The Morgan fingerprint density at radius 1 is 1.06 bits per heavy atom. The molecule has 0 spiro atoms. The molecule has 1 aromatic heterocycles. The van der Waals surface area contributed by atoms with Crippen LogP contribution in [0.2, 0.25) is 0 Å². The average Bonchev–Trinajstić information content (AvgIpc) is 3.33. The number of amides is 1. The van der Waals surface area contributed by atoms with Crippen LogP contribution >= 0.6 is 0 Å². The molecule has 0 aliphatic carbocycles. The van der Waals surface area contributed by atoms with Gasteiger partial charge in [-0.3, -0.25) is 9.59 Å². The van der Waals surface area contributed by atoms with E-state index in [0.717, 1.165) is 28.5 Å². The molecule has 1 atom stereocenters. The predicted octanol–water partition coefficient (Wildman–Crippen LogP) is 3.99. The van der Waals surface area contributed by atoms with E-state index < -0.39 is 17.5 Å². The number of nitrogens with zero attached hydrogens (tertiary/aromatic N) is 3. The zero-order valence-corrected chi connectivity index (χ0v) is 18.4. The van der Waals surface area contributed by atoms with Crippen LogP contribution < -0.4 is 5.32 Å². The lowest BCUT2D eigenvalue weighted by Crippen LogP contribution is -2.23. The zero-order chi connectivity index (χ0) is 24.1. The van der Waals surface area contributed by atoms with E-state index in [-0.39, 0.29) is 30.5 Å². The molecule has 0 saturated heterocycles. The maximum atomic E-state index is 13.4. The normalized spacial score (nSPS) is 11.9. The topological polar surface area (TPSA) is 86.1 Å². The SMILES string of the molecule is COC(=O)C[C@@H](Cc1cccc2ccccc12)n1cc(CNC(=O)c2ccc(F)c(F)c2)nn1. The number of carbonyl (C=O) groups excluding carboxylic acids is 2. The minimum absolute atomic E-state index is 0.00850. The summed E-state index contributed by atoms with van der Waals surface area (Å²) >= 11 is 0. The summed E-state index contributed by atoms with van der Waals surface area (Å²) < 4.78 is 32.9. The molecule has 0 bridgehead atoms. The molecule has 9 heteroatoms. The summed E-state index contributed by atoms with van der Waals surface area (Å²) in [6.07, 6.45) is 2.24. The fraction of sp³-hybridized carbons (Fsp3) is 0.200. The first-order valence-corrected chi connectivity index (χ1v) is 10.6. The standard InChI is InChI=1S/C25H22F2N4O3/c1-34-24(32)13-20(11-17-7-4-6-16-5-2-3-8-21(16)17)31-15-19(29-30-31)14-28-25(33)18-9-10-22(26)23(27)12-18/h2-10,12,15,20H,11,13-14H2,1H3,(H,28,33)/t20-/m1/s1. The van der Waals surface area contributed by atoms with Crippen LogP contribution in [0.25, 0.3) is 10.8 Å². The number of esters is 1. The van der Waals surface area contributed by atoms with Gasteiger partial charge in [0, 0.05) is 5.56 Å². The Labute approximate surface area is 194 Å². The lowest BCUT2D eigenvalue weighted by molar-refractivity contribution is -0.141. The second-order valence-electron chi connectivity index (χ2n) is 7.78. The summed E-state index contributed by atoms with van der Waals surface area (Å²) in [7, 11) is 1.33. The van der Waals surface area contributed by atoms with Gasteiger partial charge in [0.2, 0.25) is 0 Å². The molecule has 0 aliphatic rings. The van der Waals surface area contributed by atoms with Gasteiger partial charge in [0.25, 0.3) is 5.91 Å². The monoisotopic (exact) mass is 464 g/mol. The van der Waals surface area contributed by atoms with Crippen molar-refractivity contribution in [2.24, 2.45) is 0 Å². The van der Waals surface area contributed by atoms with Gasteiger partial charge in [-0.1, -0.05) is 47.7 Å². The highest BCUT2D eigenvalue weighted by atomic mass is 19.2. The van der Waals surface area contributed by atoms with E-state index in [2.05, 4.69) is 15.6 Å². The number of hydrogen-bond donors (Lipinski definition) is 1. The van der Waals surface area contributed by atoms with Gasteiger partial charge >= 0.3 is 5.97 Å². The minimum atomic E-state index is -1.10. The Kier molecular flexibility index (Phi) is 6.91. The molecule has 1 heterocycles. The van der Waals surface area contributed by atoms with Gasteiger partial charge in [-0.15, -0.1) is 5.10 Å². The Morgan fingerprint density at radius 3 is 2.65 bits per heavy atom. The van der Waals surface area contributed by atoms with Crippen molar-refractivity contribution in [3.05, 3.63) is 95.3 Å². The molecule has 4 aromatic rings. The van der Waals surface area contributed by atoms with Crippen molar-refractivity contribution >= 4 is 22.6 Å². The third-order valence-electron chi connectivity index (χ3n) is 5.51. The highest BCUT2D eigenvalue weighted by Crippen LogP contribution is 2.25. The Morgan fingerprint density at radius 2 is 1.85 bits per heavy atom. The number of carbonyl (C=O) groups is 2. The molecule has 174 valence electrons. The smallest absolute Gasteiger partial charge is 0.307 e. The number of rotatable bonds is 8. The molecule has 0 aliphatic heterocycles. The summed E-state index contributed by atoms with van der Waals surface area (Å²) in [5.41, 5.74) is 1.49. The first-order valence-electron chi connectivity index (χ1n) is 10.6. The number of aromatic nitrogens is 3. The second-order valence-corrected chi connectivity index (χ2v) is 7.78. The second kappa shape index (κ2) is 10.2. The van der Waals surface area contributed by atoms with E-state index in [1.807, 2.05) is 42.5 Å². The van der Waals surface area contributed by atoms with Crippen molar-refractivity contribution < 1.29 is 23.1 Å². The third kappa shape index (κ3) is 5.25. The Balaban J connectivity index is 1.50. The van der Waals surface area contributed by atoms with E-state index in [1.54, 1.807) is 10.9 Å². The van der Waals surface area contributed by atoms with Crippen molar-refractivity contribution in [3.63, 3.8) is 0 Å². The molecule has 0 unspecified atom stereocenters. The van der Waals surface area contributed by atoms with Gasteiger partial charge in [0.05, 0.1) is 32.3 Å². The van der Waals surface area contributed by atoms with Gasteiger partial charge < -0.3 is 10.1 Å². The van der Waals surface area contributed by atoms with E-state index in [9.17, 15) is 18.4 Å². The number of benzene rings is 3. The molecular formula is C25H22F2N4O3. The molecule has 0 fully saturated rings. The average molecular weight is 464 g/mol. The van der Waals surface area contributed by atoms with Crippen LogP contribution in [0.3, 0.4) is 0 Å². The van der Waals surface area contributed by atoms with Crippen molar-refractivity contribution in [3.8, 4) is 0 Å². The van der Waals surface area contributed by atoms with Gasteiger partial charge in [-0.05, 0) is 41.0 Å². The quantitative estimate of drug-likeness (QED) is 0.399. The predicted molar refractivity (Wildman–Crippen MR) is 121 cm³/mol. The summed E-state index contributed by atoms with van der Waals surface area (Å²) in [5.74, 6) is -3.08. The van der Waals surface area contributed by atoms with Gasteiger partial charge in [0.15, 0.2) is 11.6 Å². The molecule has 3 aromatic carbocycles. The maximum absolute atomic E-state index is 13.4. The Bertz CT molecular complexity index is 1330. The van der Waals surface area contributed by atoms with Crippen LogP contribution in [0.4, 0.5) is 8.78 Å². The van der Waals surface area contributed by atoms with Crippen molar-refractivity contribution in [2.45, 2.75) is 25.4 Å². The van der Waals surface area contributed by atoms with E-state index in [0.29, 0.717) is 12.1 Å². The first-order chi connectivity index (χ1) is 16.4. The lowest BCUT2D eigenvalue weighted by Gasteiger charge is -2.17. The summed E-state index contributed by atoms with van der Waals surface area (Å²) in [6, 6.07) is 16.5. The van der Waals surface area contributed by atoms with Crippen molar-refractivity contribution in [2.75, 3.05) is 7.11 Å². The largest absolute Gasteiger partial charge is 0.469 e. The summed E-state index contributed by atoms with van der Waals surface area (Å²) in [4.78, 5) is 24.3. The number of nitrogens with one attached hydrogen (secondary N) is 1. The van der Waals surface area contributed by atoms with Crippen molar-refractivity contribution in [1.29, 1.82) is 0 Å². The maximum Gasteiger partial charge on any atom is 0.307 e.